The van der Waals surface area contributed by atoms with Crippen LogP contribution in [0.3, 0.4) is 0 Å². The van der Waals surface area contributed by atoms with Gasteiger partial charge in [-0.1, -0.05) is 94.0 Å². The van der Waals surface area contributed by atoms with Crippen molar-refractivity contribution in [2.75, 3.05) is 5.32 Å². The average Bonchev–Trinajstić information content (AvgIpc) is 3.47. The highest BCUT2D eigenvalue weighted by molar-refractivity contribution is 6.10. The average molecular weight is 397 g/mol. The van der Waals surface area contributed by atoms with Gasteiger partial charge in [-0.05, 0) is 41.8 Å². The highest BCUT2D eigenvalue weighted by Gasteiger charge is 2.28. The first kappa shape index (κ1) is 21.6. The van der Waals surface area contributed by atoms with Gasteiger partial charge in [0, 0.05) is 23.7 Å². The number of allylic oxidation sites excluding steroid dienone is 12. The smallest absolute Gasteiger partial charge is 0.0751 e. The Morgan fingerprint density at radius 1 is 1.03 bits per heavy atom. The van der Waals surface area contributed by atoms with Crippen molar-refractivity contribution in [2.45, 2.75) is 39.5 Å². The summed E-state index contributed by atoms with van der Waals surface area (Å²) in [5.74, 6) is 0.592. The summed E-state index contributed by atoms with van der Waals surface area (Å²) in [6.07, 6.45) is 23.6. The van der Waals surface area contributed by atoms with E-state index in [2.05, 4.69) is 104 Å². The zero-order valence-corrected chi connectivity index (χ0v) is 18.3. The molecule has 0 spiro atoms. The molecule has 1 atom stereocenters. The van der Waals surface area contributed by atoms with Crippen molar-refractivity contribution in [3.63, 3.8) is 0 Å². The molecule has 1 aromatic rings. The van der Waals surface area contributed by atoms with E-state index >= 15 is 0 Å². The first-order valence-electron chi connectivity index (χ1n) is 10.9. The van der Waals surface area contributed by atoms with Gasteiger partial charge >= 0.3 is 0 Å². The maximum atomic E-state index is 4.68. The Kier molecular flexibility index (Phi) is 7.62. The van der Waals surface area contributed by atoms with Gasteiger partial charge < -0.3 is 5.32 Å². The summed E-state index contributed by atoms with van der Waals surface area (Å²) >= 11 is 0. The largest absolute Gasteiger partial charge is 0.354 e. The van der Waals surface area contributed by atoms with Crippen molar-refractivity contribution in [1.82, 2.24) is 0 Å². The lowest BCUT2D eigenvalue weighted by Crippen LogP contribution is -2.21. The molecule has 1 N–H and O–H groups in total. The molecular weight excluding hydrogens is 364 g/mol. The summed E-state index contributed by atoms with van der Waals surface area (Å²) in [5, 5.41) is 3.53. The van der Waals surface area contributed by atoms with Crippen LogP contribution in [0.15, 0.2) is 114 Å². The first-order valence-corrected chi connectivity index (χ1v) is 10.9. The van der Waals surface area contributed by atoms with Crippen LogP contribution in [0.1, 0.15) is 45.1 Å². The van der Waals surface area contributed by atoms with Crippen molar-refractivity contribution >= 4 is 11.4 Å². The van der Waals surface area contributed by atoms with Crippen LogP contribution in [0.4, 0.5) is 5.69 Å². The molecule has 0 fully saturated rings. The lowest BCUT2D eigenvalue weighted by molar-refractivity contribution is 0.886. The van der Waals surface area contributed by atoms with Crippen LogP contribution in [-0.2, 0) is 0 Å². The number of nitrogens with zero attached hydrogens (tertiary/aromatic N) is 1. The zero-order valence-electron chi connectivity index (χ0n) is 18.3. The van der Waals surface area contributed by atoms with Crippen LogP contribution in [0.5, 0.6) is 0 Å². The quantitative estimate of drug-likeness (QED) is 0.490. The number of anilines is 1. The molecule has 0 saturated carbocycles. The zero-order chi connectivity index (χ0) is 21.3. The molecule has 1 aliphatic heterocycles. The topological polar surface area (TPSA) is 24.4 Å². The van der Waals surface area contributed by atoms with Gasteiger partial charge in [0.25, 0.3) is 0 Å². The van der Waals surface area contributed by atoms with Gasteiger partial charge in [-0.2, -0.15) is 0 Å². The van der Waals surface area contributed by atoms with Gasteiger partial charge in [0.1, 0.15) is 0 Å². The molecule has 0 saturated heterocycles. The van der Waals surface area contributed by atoms with E-state index in [1.54, 1.807) is 0 Å². The van der Waals surface area contributed by atoms with Crippen LogP contribution in [0.25, 0.3) is 0 Å². The molecule has 0 bridgehead atoms. The van der Waals surface area contributed by atoms with Crippen molar-refractivity contribution in [3.05, 3.63) is 114 Å². The second-order valence-electron chi connectivity index (χ2n) is 7.53. The molecule has 30 heavy (non-hydrogen) atoms. The fraction of sp³-hybridized carbons (Fsp3) is 0.250. The van der Waals surface area contributed by atoms with E-state index in [0.717, 1.165) is 22.7 Å². The Balaban J connectivity index is 0.000000589. The molecule has 154 valence electrons. The molecule has 2 nitrogen and oxygen atoms in total. The third kappa shape index (κ3) is 4.88. The molecule has 2 heteroatoms. The summed E-state index contributed by atoms with van der Waals surface area (Å²) in [6.45, 7) is 10.3. The van der Waals surface area contributed by atoms with E-state index in [1.165, 1.54) is 24.0 Å². The number of unbranched alkanes of at least 4 members (excludes halogenated alkanes) is 1. The maximum Gasteiger partial charge on any atom is 0.0751 e. The third-order valence-corrected chi connectivity index (χ3v) is 5.50. The van der Waals surface area contributed by atoms with E-state index in [4.69, 9.17) is 0 Å². The van der Waals surface area contributed by atoms with Crippen LogP contribution in [0.2, 0.25) is 0 Å². The molecule has 4 rings (SSSR count). The second-order valence-corrected chi connectivity index (χ2v) is 7.53. The van der Waals surface area contributed by atoms with Crippen molar-refractivity contribution in [1.29, 1.82) is 0 Å². The van der Waals surface area contributed by atoms with Gasteiger partial charge in [0.15, 0.2) is 0 Å². The third-order valence-electron chi connectivity index (χ3n) is 5.50. The van der Waals surface area contributed by atoms with E-state index in [-0.39, 0.29) is 5.92 Å². The Morgan fingerprint density at radius 3 is 2.33 bits per heavy atom. The summed E-state index contributed by atoms with van der Waals surface area (Å²) in [5.41, 5.74) is 6.84. The monoisotopic (exact) mass is 396 g/mol. The molecule has 0 aromatic heterocycles. The first-order chi connectivity index (χ1) is 14.7. The van der Waals surface area contributed by atoms with E-state index < -0.39 is 0 Å². The van der Waals surface area contributed by atoms with E-state index in [9.17, 15) is 0 Å². The Hall–Kier alpha value is -3.13. The van der Waals surface area contributed by atoms with E-state index in [0.29, 0.717) is 5.92 Å². The molecule has 1 unspecified atom stereocenters. The van der Waals surface area contributed by atoms with Crippen LogP contribution in [-0.4, -0.2) is 5.71 Å². The predicted octanol–water partition coefficient (Wildman–Crippen LogP) is 7.66. The highest BCUT2D eigenvalue weighted by atomic mass is 14.9. The second kappa shape index (κ2) is 10.6. The number of rotatable bonds is 6. The summed E-state index contributed by atoms with van der Waals surface area (Å²) in [4.78, 5) is 4.68. The Morgan fingerprint density at radius 2 is 1.73 bits per heavy atom. The molecule has 2 aliphatic carbocycles. The van der Waals surface area contributed by atoms with Crippen molar-refractivity contribution in [3.8, 4) is 0 Å². The number of fused-ring (bicyclic) bond motifs is 1. The standard InChI is InChI=1S/C24H22N2.C4H10/c1-3-17(4-2)22-16-25-24-21(22)10-7-11-23(24)26-20-14-12-19(13-15-20)18-8-5-6-9-18;1-3-4-2/h3-16,18,21,26H,1H2,2H3;3-4H2,1-2H3/b17-4+;. The lowest BCUT2D eigenvalue weighted by atomic mass is 9.86. The normalized spacial score (nSPS) is 19.5. The minimum Gasteiger partial charge on any atom is -0.354 e. The SMILES string of the molecule is C=C/C(=C\C)C1=CN=C2C(Nc3ccc(C4C=CC=C4)cc3)=CC=CC12.CCCC. The molecule has 0 amide bonds. The highest BCUT2D eigenvalue weighted by Crippen LogP contribution is 2.34. The predicted molar refractivity (Wildman–Crippen MR) is 132 cm³/mol. The van der Waals surface area contributed by atoms with Crippen LogP contribution >= 0.6 is 0 Å². The van der Waals surface area contributed by atoms with Gasteiger partial charge in [-0.25, -0.2) is 0 Å². The number of benzene rings is 1. The number of hydrogen-bond acceptors (Lipinski definition) is 2. The molecule has 1 heterocycles. The Bertz CT molecular complexity index is 948. The summed E-state index contributed by atoms with van der Waals surface area (Å²) < 4.78 is 0. The lowest BCUT2D eigenvalue weighted by Gasteiger charge is -2.21. The molecule has 0 radical (unpaired) electrons. The number of aliphatic imine (C=N–C) groups is 1. The number of hydrogen-bond donors (Lipinski definition) is 1. The van der Waals surface area contributed by atoms with Crippen molar-refractivity contribution < 1.29 is 0 Å². The molecular formula is C28H32N2. The van der Waals surface area contributed by atoms with Crippen molar-refractivity contribution in [2.24, 2.45) is 10.9 Å². The van der Waals surface area contributed by atoms with Gasteiger partial charge in [-0.3, -0.25) is 4.99 Å². The summed E-state index contributed by atoms with van der Waals surface area (Å²) in [6, 6.07) is 8.63. The minimum absolute atomic E-state index is 0.194. The Labute approximate surface area is 181 Å². The van der Waals surface area contributed by atoms with Gasteiger partial charge in [0.05, 0.1) is 11.4 Å². The minimum atomic E-state index is 0.194. The number of nitrogens with one attached hydrogen (secondary N) is 1. The molecule has 1 aromatic carbocycles. The maximum absolute atomic E-state index is 4.68. The molecule has 3 aliphatic rings. The fourth-order valence-electron chi connectivity index (χ4n) is 3.59. The van der Waals surface area contributed by atoms with Gasteiger partial charge in [-0.15, -0.1) is 0 Å². The van der Waals surface area contributed by atoms with Crippen LogP contribution in [0, 0.1) is 5.92 Å². The van der Waals surface area contributed by atoms with Gasteiger partial charge in [0.2, 0.25) is 0 Å². The van der Waals surface area contributed by atoms with Crippen LogP contribution < -0.4 is 5.32 Å². The summed E-state index contributed by atoms with van der Waals surface area (Å²) in [7, 11) is 0. The van der Waals surface area contributed by atoms with E-state index in [1.807, 2.05) is 19.2 Å². The fourth-order valence-corrected chi connectivity index (χ4v) is 3.59.